The second-order valence-electron chi connectivity index (χ2n) is 5.61. The largest absolute Gasteiger partial charge is 0.573 e. The first-order chi connectivity index (χ1) is 11.7. The number of anilines is 1. The minimum Gasteiger partial charge on any atom is -0.404 e. The molecule has 0 amide bonds. The van der Waals surface area contributed by atoms with Crippen molar-refractivity contribution < 1.29 is 26.3 Å². The zero-order chi connectivity index (χ0) is 18.2. The lowest BCUT2D eigenvalue weighted by Crippen LogP contribution is -2.36. The molecule has 0 fully saturated rings. The molecular weight excluding hydrogens is 357 g/mol. The SMILES string of the molecule is Nc1ccc2c(c1)CCN(S(=O)(=O)c1ccccc1OC(F)(F)F)C2. The van der Waals surface area contributed by atoms with Gasteiger partial charge in [0.2, 0.25) is 10.0 Å². The van der Waals surface area contributed by atoms with Crippen LogP contribution < -0.4 is 10.5 Å². The van der Waals surface area contributed by atoms with Gasteiger partial charge >= 0.3 is 6.36 Å². The summed E-state index contributed by atoms with van der Waals surface area (Å²) in [4.78, 5) is -0.508. The molecule has 2 aromatic carbocycles. The third-order valence-electron chi connectivity index (χ3n) is 3.90. The lowest BCUT2D eigenvalue weighted by atomic mass is 10.0. The van der Waals surface area contributed by atoms with E-state index in [-0.39, 0.29) is 13.1 Å². The average Bonchev–Trinajstić information content (AvgIpc) is 2.53. The van der Waals surface area contributed by atoms with Gasteiger partial charge in [-0.05, 0) is 41.8 Å². The van der Waals surface area contributed by atoms with E-state index >= 15 is 0 Å². The summed E-state index contributed by atoms with van der Waals surface area (Å²) in [5.41, 5.74) is 8.01. The Labute approximate surface area is 142 Å². The van der Waals surface area contributed by atoms with Crippen LogP contribution in [-0.4, -0.2) is 25.6 Å². The highest BCUT2D eigenvalue weighted by Crippen LogP contribution is 2.33. The van der Waals surface area contributed by atoms with Crippen molar-refractivity contribution in [2.75, 3.05) is 12.3 Å². The standard InChI is InChI=1S/C16H15F3N2O3S/c17-16(18,19)24-14-3-1-2-4-15(14)25(22,23)21-8-7-11-9-13(20)6-5-12(11)10-21/h1-6,9H,7-8,10,20H2. The predicted molar refractivity (Wildman–Crippen MR) is 85.3 cm³/mol. The van der Waals surface area contributed by atoms with Crippen LogP contribution in [0.15, 0.2) is 47.4 Å². The van der Waals surface area contributed by atoms with Gasteiger partial charge in [-0.3, -0.25) is 0 Å². The molecule has 9 heteroatoms. The summed E-state index contributed by atoms with van der Waals surface area (Å²) in [6.07, 6.45) is -4.54. The van der Waals surface area contributed by atoms with E-state index in [1.165, 1.54) is 12.1 Å². The van der Waals surface area contributed by atoms with Gasteiger partial charge in [0.1, 0.15) is 10.6 Å². The fourth-order valence-corrected chi connectivity index (χ4v) is 4.30. The number of hydrogen-bond acceptors (Lipinski definition) is 4. The first kappa shape index (κ1) is 17.6. The third kappa shape index (κ3) is 3.72. The Kier molecular flexibility index (Phi) is 4.38. The molecule has 1 heterocycles. The van der Waals surface area contributed by atoms with E-state index in [1.807, 2.05) is 0 Å². The summed E-state index contributed by atoms with van der Waals surface area (Å²) in [5.74, 6) is -0.738. The fourth-order valence-electron chi connectivity index (χ4n) is 2.76. The van der Waals surface area contributed by atoms with Crippen LogP contribution in [-0.2, 0) is 23.0 Å². The van der Waals surface area contributed by atoms with Crippen LogP contribution in [0.25, 0.3) is 0 Å². The van der Waals surface area contributed by atoms with Crippen LogP contribution >= 0.6 is 0 Å². The van der Waals surface area contributed by atoms with Crippen molar-refractivity contribution in [3.8, 4) is 5.75 Å². The van der Waals surface area contributed by atoms with E-state index in [0.717, 1.165) is 27.6 Å². The Morgan fingerprint density at radius 1 is 1.08 bits per heavy atom. The summed E-state index contributed by atoms with van der Waals surface area (Å²) in [6, 6.07) is 9.90. The number of para-hydroxylation sites is 1. The Morgan fingerprint density at radius 2 is 1.80 bits per heavy atom. The third-order valence-corrected chi connectivity index (χ3v) is 5.78. The van der Waals surface area contributed by atoms with Crippen LogP contribution in [0.3, 0.4) is 0 Å². The van der Waals surface area contributed by atoms with Crippen LogP contribution in [0.5, 0.6) is 5.75 Å². The second kappa shape index (κ2) is 6.23. The molecule has 0 saturated heterocycles. The summed E-state index contributed by atoms with van der Waals surface area (Å²) in [5, 5.41) is 0. The normalized spacial score (nSPS) is 15.6. The molecule has 1 aliphatic heterocycles. The predicted octanol–water partition coefficient (Wildman–Crippen LogP) is 2.91. The Hall–Kier alpha value is -2.26. The highest BCUT2D eigenvalue weighted by Gasteiger charge is 2.36. The molecule has 0 aliphatic carbocycles. The van der Waals surface area contributed by atoms with Crippen LogP contribution in [0.1, 0.15) is 11.1 Å². The van der Waals surface area contributed by atoms with Crippen molar-refractivity contribution in [1.29, 1.82) is 0 Å². The zero-order valence-electron chi connectivity index (χ0n) is 13.0. The van der Waals surface area contributed by atoms with Gasteiger partial charge < -0.3 is 10.5 Å². The Bertz CT molecular complexity index is 898. The Balaban J connectivity index is 1.94. The summed E-state index contributed by atoms with van der Waals surface area (Å²) in [7, 11) is -4.14. The number of nitrogen functional groups attached to an aromatic ring is 1. The van der Waals surface area contributed by atoms with Gasteiger partial charge in [-0.25, -0.2) is 8.42 Å². The van der Waals surface area contributed by atoms with E-state index < -0.39 is 27.0 Å². The van der Waals surface area contributed by atoms with Gasteiger partial charge in [0, 0.05) is 18.8 Å². The van der Waals surface area contributed by atoms with E-state index in [0.29, 0.717) is 12.1 Å². The molecule has 3 rings (SSSR count). The topological polar surface area (TPSA) is 72.6 Å². The van der Waals surface area contributed by atoms with Crippen molar-refractivity contribution in [1.82, 2.24) is 4.31 Å². The molecule has 0 unspecified atom stereocenters. The van der Waals surface area contributed by atoms with Crippen LogP contribution in [0, 0.1) is 0 Å². The van der Waals surface area contributed by atoms with Gasteiger partial charge in [-0.2, -0.15) is 4.31 Å². The van der Waals surface area contributed by atoms with Gasteiger partial charge in [-0.15, -0.1) is 13.2 Å². The maximum atomic E-state index is 12.8. The minimum absolute atomic E-state index is 0.0678. The lowest BCUT2D eigenvalue weighted by molar-refractivity contribution is -0.275. The highest BCUT2D eigenvalue weighted by atomic mass is 32.2. The Morgan fingerprint density at radius 3 is 2.52 bits per heavy atom. The second-order valence-corrected chi connectivity index (χ2v) is 7.52. The summed E-state index contributed by atoms with van der Waals surface area (Å²) >= 11 is 0. The van der Waals surface area contributed by atoms with Gasteiger partial charge in [0.05, 0.1) is 0 Å². The molecule has 0 atom stereocenters. The number of benzene rings is 2. The smallest absolute Gasteiger partial charge is 0.404 e. The first-order valence-corrected chi connectivity index (χ1v) is 8.83. The van der Waals surface area contributed by atoms with Gasteiger partial charge in [-0.1, -0.05) is 18.2 Å². The van der Waals surface area contributed by atoms with Crippen LogP contribution in [0.4, 0.5) is 18.9 Å². The molecule has 2 N–H and O–H groups in total. The van der Waals surface area contributed by atoms with Crippen molar-refractivity contribution in [2.24, 2.45) is 0 Å². The van der Waals surface area contributed by atoms with Crippen molar-refractivity contribution >= 4 is 15.7 Å². The molecule has 2 aromatic rings. The molecule has 0 saturated carbocycles. The van der Waals surface area contributed by atoms with E-state index in [4.69, 9.17) is 5.73 Å². The molecule has 0 bridgehead atoms. The van der Waals surface area contributed by atoms with Crippen LogP contribution in [0.2, 0.25) is 0 Å². The number of alkyl halides is 3. The maximum absolute atomic E-state index is 12.8. The summed E-state index contributed by atoms with van der Waals surface area (Å²) < 4.78 is 68.3. The number of nitrogens with two attached hydrogens (primary N) is 1. The highest BCUT2D eigenvalue weighted by molar-refractivity contribution is 7.89. The average molecular weight is 372 g/mol. The fraction of sp³-hybridized carbons (Fsp3) is 0.250. The maximum Gasteiger partial charge on any atom is 0.573 e. The molecule has 5 nitrogen and oxygen atoms in total. The summed E-state index contributed by atoms with van der Waals surface area (Å²) in [6.45, 7) is 0.220. The molecular formula is C16H15F3N2O3S. The van der Waals surface area contributed by atoms with E-state index in [1.54, 1.807) is 18.2 Å². The molecule has 0 spiro atoms. The van der Waals surface area contributed by atoms with Crippen molar-refractivity contribution in [2.45, 2.75) is 24.2 Å². The quantitative estimate of drug-likeness (QED) is 0.841. The minimum atomic E-state index is -4.97. The van der Waals surface area contributed by atoms with E-state index in [2.05, 4.69) is 4.74 Å². The molecule has 0 radical (unpaired) electrons. The molecule has 134 valence electrons. The van der Waals surface area contributed by atoms with Crippen molar-refractivity contribution in [3.63, 3.8) is 0 Å². The first-order valence-electron chi connectivity index (χ1n) is 7.39. The number of nitrogens with zero attached hydrogens (tertiary/aromatic N) is 1. The molecule has 1 aliphatic rings. The van der Waals surface area contributed by atoms with Gasteiger partial charge in [0.15, 0.2) is 0 Å². The van der Waals surface area contributed by atoms with Crippen molar-refractivity contribution in [3.05, 3.63) is 53.6 Å². The number of fused-ring (bicyclic) bond motifs is 1. The lowest BCUT2D eigenvalue weighted by Gasteiger charge is -2.29. The monoisotopic (exact) mass is 372 g/mol. The van der Waals surface area contributed by atoms with E-state index in [9.17, 15) is 21.6 Å². The number of rotatable bonds is 3. The number of hydrogen-bond donors (Lipinski definition) is 1. The number of halogens is 3. The molecule has 25 heavy (non-hydrogen) atoms. The number of ether oxygens (including phenoxy) is 1. The zero-order valence-corrected chi connectivity index (χ0v) is 13.8. The van der Waals surface area contributed by atoms with Gasteiger partial charge in [0.25, 0.3) is 0 Å². The number of sulfonamides is 1. The molecule has 0 aromatic heterocycles.